The Labute approximate surface area is 43.4 Å². The van der Waals surface area contributed by atoms with E-state index in [1.807, 2.05) is 0 Å². The Hall–Kier alpha value is 0.350. The lowest BCUT2D eigenvalue weighted by molar-refractivity contribution is 0.277. The second-order valence-corrected chi connectivity index (χ2v) is 1.03. The minimum absolute atomic E-state index is 0.361. The van der Waals surface area contributed by atoms with Crippen molar-refractivity contribution in [2.24, 2.45) is 0 Å². The molecule has 0 aromatic rings. The smallest absolute Gasteiger partial charge is 0.267 e. The fourth-order valence-electron chi connectivity index (χ4n) is 0. The number of hydrogen-bond acceptors (Lipinski definition) is 2. The quantitative estimate of drug-likeness (QED) is 0.464. The topological polar surface area (TPSA) is 26.3 Å². The van der Waals surface area contributed by atoms with E-state index in [4.69, 9.17) is 4.57 Å². The average molecular weight is 128 g/mol. The third-order valence-corrected chi connectivity index (χ3v) is 0. The first-order valence-corrected chi connectivity index (χ1v) is 2.89. The molecular formula is C2H6ClO2P. The molecule has 0 fully saturated rings. The normalized spacial score (nSPS) is 6.50. The van der Waals surface area contributed by atoms with Crippen LogP contribution in [0.2, 0.25) is 0 Å². The van der Waals surface area contributed by atoms with Crippen molar-refractivity contribution in [1.29, 1.82) is 0 Å². The summed E-state index contributed by atoms with van der Waals surface area (Å²) in [6, 6.07) is 0. The lowest BCUT2D eigenvalue weighted by Gasteiger charge is -1.61. The monoisotopic (exact) mass is 128 g/mol. The van der Waals surface area contributed by atoms with Gasteiger partial charge in [-0.25, -0.2) is 0 Å². The number of halogens is 1. The highest BCUT2D eigenvalue weighted by atomic mass is 35.7. The van der Waals surface area contributed by atoms with Gasteiger partial charge < -0.3 is 4.74 Å². The highest BCUT2D eigenvalue weighted by Gasteiger charge is 1.33. The van der Waals surface area contributed by atoms with E-state index in [1.54, 1.807) is 14.2 Å². The zero-order chi connectivity index (χ0) is 5.41. The summed E-state index contributed by atoms with van der Waals surface area (Å²) in [4.78, 5) is 0. The van der Waals surface area contributed by atoms with Crippen molar-refractivity contribution in [2.75, 3.05) is 14.2 Å². The van der Waals surface area contributed by atoms with Crippen molar-refractivity contribution >= 4 is 19.1 Å². The van der Waals surface area contributed by atoms with Gasteiger partial charge in [-0.3, -0.25) is 4.57 Å². The van der Waals surface area contributed by atoms with Crippen molar-refractivity contribution in [3.05, 3.63) is 0 Å². The summed E-state index contributed by atoms with van der Waals surface area (Å²) in [5, 5.41) is 0. The van der Waals surface area contributed by atoms with Crippen molar-refractivity contribution in [1.82, 2.24) is 0 Å². The molecular weight excluding hydrogens is 122 g/mol. The van der Waals surface area contributed by atoms with Crippen LogP contribution in [0, 0.1) is 0 Å². The number of hydrogen-bond donors (Lipinski definition) is 0. The second-order valence-electron chi connectivity index (χ2n) is 0.477. The molecule has 0 spiro atoms. The fourth-order valence-corrected chi connectivity index (χ4v) is 0. The Kier molecular flexibility index (Phi) is 29.3. The molecule has 0 aromatic heterocycles. The van der Waals surface area contributed by atoms with Gasteiger partial charge in [0.05, 0.1) is 0 Å². The number of rotatable bonds is 0. The van der Waals surface area contributed by atoms with Gasteiger partial charge in [-0.1, -0.05) is 0 Å². The molecule has 6 heavy (non-hydrogen) atoms. The van der Waals surface area contributed by atoms with Gasteiger partial charge in [0.15, 0.2) is 0 Å². The number of ether oxygens (including phenoxy) is 1. The van der Waals surface area contributed by atoms with Gasteiger partial charge in [0.2, 0.25) is 0 Å². The molecule has 0 saturated carbocycles. The average Bonchev–Trinajstić information content (AvgIpc) is 1.39. The van der Waals surface area contributed by atoms with Crippen LogP contribution in [0.3, 0.4) is 0 Å². The predicted molar refractivity (Wildman–Crippen MR) is 26.4 cm³/mol. The van der Waals surface area contributed by atoms with Crippen molar-refractivity contribution in [3.63, 3.8) is 0 Å². The SMILES string of the molecule is COC.O=PCl. The van der Waals surface area contributed by atoms with Crippen LogP contribution in [-0.2, 0) is 9.30 Å². The van der Waals surface area contributed by atoms with Crippen LogP contribution in [0.5, 0.6) is 0 Å². The predicted octanol–water partition coefficient (Wildman–Crippen LogP) is 1.69. The van der Waals surface area contributed by atoms with E-state index in [9.17, 15) is 0 Å². The van der Waals surface area contributed by atoms with Gasteiger partial charge >= 0.3 is 0 Å². The molecule has 0 bridgehead atoms. The van der Waals surface area contributed by atoms with Gasteiger partial charge in [-0.05, 0) is 11.2 Å². The Morgan fingerprint density at radius 2 is 1.67 bits per heavy atom. The molecule has 0 radical (unpaired) electrons. The second kappa shape index (κ2) is 18.3. The van der Waals surface area contributed by atoms with Crippen LogP contribution < -0.4 is 0 Å². The van der Waals surface area contributed by atoms with Gasteiger partial charge in [0.25, 0.3) is 7.81 Å². The molecule has 2 nitrogen and oxygen atoms in total. The lowest BCUT2D eigenvalue weighted by Crippen LogP contribution is -1.55. The summed E-state index contributed by atoms with van der Waals surface area (Å²) in [5.41, 5.74) is 0. The molecule has 0 aliphatic rings. The highest BCUT2D eigenvalue weighted by Crippen LogP contribution is 1.92. The summed E-state index contributed by atoms with van der Waals surface area (Å²) in [5.74, 6) is 0. The van der Waals surface area contributed by atoms with E-state index in [-0.39, 0.29) is 7.81 Å². The van der Waals surface area contributed by atoms with Crippen LogP contribution >= 0.6 is 19.1 Å². The minimum Gasteiger partial charge on any atom is -0.388 e. The van der Waals surface area contributed by atoms with Crippen LogP contribution in [0.25, 0.3) is 0 Å². The first-order valence-electron chi connectivity index (χ1n) is 1.17. The van der Waals surface area contributed by atoms with E-state index in [2.05, 4.69) is 16.0 Å². The van der Waals surface area contributed by atoms with E-state index < -0.39 is 0 Å². The Morgan fingerprint density at radius 1 is 1.67 bits per heavy atom. The maximum atomic E-state index is 8.67. The molecule has 0 aliphatic carbocycles. The Morgan fingerprint density at radius 3 is 1.67 bits per heavy atom. The van der Waals surface area contributed by atoms with Gasteiger partial charge in [0, 0.05) is 14.2 Å². The summed E-state index contributed by atoms with van der Waals surface area (Å²) >= 11 is 4.42. The van der Waals surface area contributed by atoms with E-state index >= 15 is 0 Å². The maximum Gasteiger partial charge on any atom is 0.267 e. The molecule has 0 amide bonds. The maximum absolute atomic E-state index is 8.67. The largest absolute Gasteiger partial charge is 0.388 e. The first kappa shape index (κ1) is 9.61. The van der Waals surface area contributed by atoms with E-state index in [0.717, 1.165) is 0 Å². The zero-order valence-corrected chi connectivity index (χ0v) is 5.29. The highest BCUT2D eigenvalue weighted by molar-refractivity contribution is 7.57. The molecule has 0 saturated heterocycles. The Bertz CT molecular complexity index is 25.5. The van der Waals surface area contributed by atoms with Gasteiger partial charge in [-0.15, -0.1) is 0 Å². The molecule has 0 aliphatic heterocycles. The standard InChI is InChI=1S/C2H6O.ClOP/c2*1-3-2/h1-2H3;. The van der Waals surface area contributed by atoms with E-state index in [0.29, 0.717) is 0 Å². The van der Waals surface area contributed by atoms with Crippen LogP contribution in [-0.4, -0.2) is 14.2 Å². The molecule has 0 rings (SSSR count). The van der Waals surface area contributed by atoms with Crippen LogP contribution in [0.4, 0.5) is 0 Å². The number of methoxy groups -OCH3 is 1. The molecule has 0 unspecified atom stereocenters. The van der Waals surface area contributed by atoms with Crippen LogP contribution in [0.1, 0.15) is 0 Å². The molecule has 4 heteroatoms. The fraction of sp³-hybridized carbons (Fsp3) is 1.00. The molecule has 0 aromatic carbocycles. The van der Waals surface area contributed by atoms with E-state index in [1.165, 1.54) is 0 Å². The zero-order valence-electron chi connectivity index (χ0n) is 3.64. The van der Waals surface area contributed by atoms with Crippen molar-refractivity contribution in [2.45, 2.75) is 0 Å². The molecule has 38 valence electrons. The summed E-state index contributed by atoms with van der Waals surface area (Å²) in [6.07, 6.45) is 0. The Balaban J connectivity index is 0. The summed E-state index contributed by atoms with van der Waals surface area (Å²) in [6.45, 7) is 0. The third kappa shape index (κ3) is 399. The summed E-state index contributed by atoms with van der Waals surface area (Å²) < 4.78 is 12.9. The minimum atomic E-state index is -0.361. The van der Waals surface area contributed by atoms with Crippen molar-refractivity contribution < 1.29 is 9.30 Å². The van der Waals surface area contributed by atoms with Gasteiger partial charge in [0.1, 0.15) is 0 Å². The van der Waals surface area contributed by atoms with Crippen LogP contribution in [0.15, 0.2) is 0 Å². The summed E-state index contributed by atoms with van der Waals surface area (Å²) in [7, 11) is 2.89. The van der Waals surface area contributed by atoms with Crippen molar-refractivity contribution in [3.8, 4) is 0 Å². The molecule has 0 atom stereocenters. The molecule has 0 N–H and O–H groups in total. The van der Waals surface area contributed by atoms with Gasteiger partial charge in [-0.2, -0.15) is 0 Å². The lowest BCUT2D eigenvalue weighted by atomic mass is 11.6. The first-order chi connectivity index (χ1) is 2.83. The molecule has 0 heterocycles. The third-order valence-electron chi connectivity index (χ3n) is 0.